The fraction of sp³-hybridized carbons (Fsp3) is 0.250. The van der Waals surface area contributed by atoms with Crippen molar-refractivity contribution < 1.29 is 9.90 Å². The van der Waals surface area contributed by atoms with Crippen LogP contribution in [0, 0.1) is 0 Å². The van der Waals surface area contributed by atoms with Crippen molar-refractivity contribution in [2.45, 2.75) is 32.7 Å². The van der Waals surface area contributed by atoms with Gasteiger partial charge in [-0.3, -0.25) is 4.79 Å². The second-order valence-electron chi connectivity index (χ2n) is 5.95. The molecular weight excluding hydrogens is 314 g/mol. The number of hydrogen-bond donors (Lipinski definition) is 1. The molecule has 0 aliphatic carbocycles. The van der Waals surface area contributed by atoms with Crippen molar-refractivity contribution in [3.63, 3.8) is 0 Å². The van der Waals surface area contributed by atoms with E-state index in [2.05, 4.69) is 17.2 Å². The Morgan fingerprint density at radius 2 is 1.80 bits per heavy atom. The third kappa shape index (κ3) is 3.76. The first kappa shape index (κ1) is 16.9. The molecule has 0 fully saturated rings. The van der Waals surface area contributed by atoms with Gasteiger partial charge >= 0.3 is 0 Å². The van der Waals surface area contributed by atoms with Crippen LogP contribution in [0.3, 0.4) is 0 Å². The van der Waals surface area contributed by atoms with Crippen molar-refractivity contribution in [3.05, 3.63) is 60.2 Å². The quantitative estimate of drug-likeness (QED) is 0.644. The molecule has 1 aromatic heterocycles. The van der Waals surface area contributed by atoms with E-state index in [1.54, 1.807) is 0 Å². The van der Waals surface area contributed by atoms with Crippen LogP contribution in [0.15, 0.2) is 64.8 Å². The Balaban J connectivity index is 1.88. The highest BCUT2D eigenvalue weighted by atomic mass is 16.3. The maximum Gasteiger partial charge on any atom is 0.269 e. The molecule has 5 nitrogen and oxygen atoms in total. The zero-order chi connectivity index (χ0) is 17.6. The molecule has 0 bridgehead atoms. The fourth-order valence-corrected chi connectivity index (χ4v) is 2.82. The molecule has 128 valence electrons. The number of carbonyl (C=O) groups excluding carboxylic acids is 1. The first-order valence-corrected chi connectivity index (χ1v) is 8.49. The normalized spacial score (nSPS) is 11.4. The van der Waals surface area contributed by atoms with Gasteiger partial charge in [-0.15, -0.1) is 10.2 Å². The van der Waals surface area contributed by atoms with E-state index in [0.29, 0.717) is 12.2 Å². The standard InChI is InChI=1S/C20H21N3O2/c1-2-3-13-23-17-12-8-7-11-16(17)19(20(23)25)22-21-18(24)14-15-9-5-4-6-10-15/h4-12,25H,2-3,13-14H2,1H3. The topological polar surface area (TPSA) is 66.9 Å². The fourth-order valence-electron chi connectivity index (χ4n) is 2.82. The lowest BCUT2D eigenvalue weighted by Gasteiger charge is -2.05. The summed E-state index contributed by atoms with van der Waals surface area (Å²) in [7, 11) is 0. The van der Waals surface area contributed by atoms with E-state index < -0.39 is 0 Å². The van der Waals surface area contributed by atoms with Crippen molar-refractivity contribution >= 4 is 22.5 Å². The van der Waals surface area contributed by atoms with E-state index >= 15 is 0 Å². The van der Waals surface area contributed by atoms with Crippen molar-refractivity contribution in [3.8, 4) is 5.88 Å². The van der Waals surface area contributed by atoms with E-state index in [4.69, 9.17) is 0 Å². The van der Waals surface area contributed by atoms with Crippen LogP contribution in [0.5, 0.6) is 5.88 Å². The van der Waals surface area contributed by atoms with Crippen LogP contribution in [0.2, 0.25) is 0 Å². The minimum Gasteiger partial charge on any atom is -0.493 e. The largest absolute Gasteiger partial charge is 0.493 e. The van der Waals surface area contributed by atoms with Gasteiger partial charge in [-0.1, -0.05) is 61.9 Å². The average molecular weight is 335 g/mol. The van der Waals surface area contributed by atoms with Gasteiger partial charge in [0.2, 0.25) is 5.88 Å². The molecular formula is C20H21N3O2. The molecule has 2 aromatic carbocycles. The summed E-state index contributed by atoms with van der Waals surface area (Å²) in [6.07, 6.45) is 2.17. The monoisotopic (exact) mass is 335 g/mol. The Morgan fingerprint density at radius 3 is 2.56 bits per heavy atom. The summed E-state index contributed by atoms with van der Waals surface area (Å²) in [5, 5.41) is 19.2. The van der Waals surface area contributed by atoms with Crippen LogP contribution in [-0.2, 0) is 17.8 Å². The van der Waals surface area contributed by atoms with Gasteiger partial charge in [0.15, 0.2) is 5.69 Å². The molecule has 0 aliphatic heterocycles. The molecule has 0 saturated heterocycles. The number of carbonyl (C=O) groups is 1. The lowest BCUT2D eigenvalue weighted by molar-refractivity contribution is -0.117. The Kier molecular flexibility index (Phi) is 5.23. The maximum atomic E-state index is 12.1. The van der Waals surface area contributed by atoms with E-state index in [1.165, 1.54) is 0 Å². The van der Waals surface area contributed by atoms with Gasteiger partial charge in [0.1, 0.15) is 0 Å². The Labute approximate surface area is 146 Å². The van der Waals surface area contributed by atoms with Crippen molar-refractivity contribution in [1.82, 2.24) is 4.57 Å². The minimum absolute atomic E-state index is 0.0610. The summed E-state index contributed by atoms with van der Waals surface area (Å²) < 4.78 is 1.83. The number of benzene rings is 2. The van der Waals surface area contributed by atoms with E-state index in [-0.39, 0.29) is 18.2 Å². The number of aryl methyl sites for hydroxylation is 1. The van der Waals surface area contributed by atoms with Gasteiger partial charge in [-0.05, 0) is 18.1 Å². The molecule has 1 N–H and O–H groups in total. The molecule has 0 saturated carbocycles. The first-order chi connectivity index (χ1) is 12.2. The van der Waals surface area contributed by atoms with Crippen molar-refractivity contribution in [1.29, 1.82) is 0 Å². The van der Waals surface area contributed by atoms with Crippen LogP contribution in [0.25, 0.3) is 10.9 Å². The number of hydrogen-bond acceptors (Lipinski definition) is 3. The van der Waals surface area contributed by atoms with Crippen LogP contribution >= 0.6 is 0 Å². The highest BCUT2D eigenvalue weighted by Gasteiger charge is 2.16. The van der Waals surface area contributed by atoms with Gasteiger partial charge in [0, 0.05) is 11.9 Å². The predicted molar refractivity (Wildman–Crippen MR) is 98.2 cm³/mol. The van der Waals surface area contributed by atoms with E-state index in [9.17, 15) is 9.90 Å². The highest BCUT2D eigenvalue weighted by Crippen LogP contribution is 2.38. The molecule has 0 aliphatic rings. The lowest BCUT2D eigenvalue weighted by Crippen LogP contribution is -1.97. The third-order valence-corrected chi connectivity index (χ3v) is 4.11. The van der Waals surface area contributed by atoms with Crippen molar-refractivity contribution in [2.75, 3.05) is 0 Å². The number of unbranched alkanes of at least 4 members (excludes halogenated alkanes) is 1. The van der Waals surface area contributed by atoms with Gasteiger partial charge in [0.05, 0.1) is 11.9 Å². The maximum absolute atomic E-state index is 12.1. The smallest absolute Gasteiger partial charge is 0.269 e. The van der Waals surface area contributed by atoms with E-state index in [0.717, 1.165) is 29.3 Å². The summed E-state index contributed by atoms with van der Waals surface area (Å²) in [6.45, 7) is 2.81. The summed E-state index contributed by atoms with van der Waals surface area (Å²) in [4.78, 5) is 12.1. The number of azo groups is 1. The highest BCUT2D eigenvalue weighted by molar-refractivity contribution is 5.95. The minimum atomic E-state index is -0.337. The molecule has 0 spiro atoms. The van der Waals surface area contributed by atoms with Gasteiger partial charge in [-0.2, -0.15) is 0 Å². The van der Waals surface area contributed by atoms with Gasteiger partial charge < -0.3 is 9.67 Å². The van der Waals surface area contributed by atoms with Gasteiger partial charge in [-0.25, -0.2) is 0 Å². The zero-order valence-electron chi connectivity index (χ0n) is 14.2. The second-order valence-corrected chi connectivity index (χ2v) is 5.95. The first-order valence-electron chi connectivity index (χ1n) is 8.49. The predicted octanol–water partition coefficient (Wildman–Crippen LogP) is 5.00. The van der Waals surface area contributed by atoms with E-state index in [1.807, 2.05) is 59.2 Å². The molecule has 1 amide bonds. The number of fused-ring (bicyclic) bond motifs is 1. The van der Waals surface area contributed by atoms with Crippen molar-refractivity contribution in [2.24, 2.45) is 10.2 Å². The number of nitrogens with zero attached hydrogens (tertiary/aromatic N) is 3. The Morgan fingerprint density at radius 1 is 1.08 bits per heavy atom. The Hall–Kier alpha value is -2.95. The molecule has 5 heteroatoms. The number of amides is 1. The lowest BCUT2D eigenvalue weighted by atomic mass is 10.1. The molecule has 3 aromatic rings. The molecule has 0 atom stereocenters. The summed E-state index contributed by atoms with van der Waals surface area (Å²) >= 11 is 0. The van der Waals surface area contributed by atoms with Crippen LogP contribution in [0.1, 0.15) is 25.3 Å². The second kappa shape index (κ2) is 7.75. The summed E-state index contributed by atoms with van der Waals surface area (Å²) in [5.41, 5.74) is 2.15. The molecule has 0 unspecified atom stereocenters. The molecule has 25 heavy (non-hydrogen) atoms. The Bertz CT molecular complexity index is 898. The average Bonchev–Trinajstić information content (AvgIpc) is 2.90. The molecule has 3 rings (SSSR count). The number of para-hydroxylation sites is 1. The number of aromatic nitrogens is 1. The molecule has 0 radical (unpaired) electrons. The van der Waals surface area contributed by atoms with Crippen LogP contribution in [-0.4, -0.2) is 15.6 Å². The van der Waals surface area contributed by atoms with Crippen LogP contribution in [0.4, 0.5) is 5.69 Å². The van der Waals surface area contributed by atoms with Crippen LogP contribution < -0.4 is 0 Å². The summed E-state index contributed by atoms with van der Waals surface area (Å²) in [6, 6.07) is 17.0. The zero-order valence-corrected chi connectivity index (χ0v) is 14.2. The van der Waals surface area contributed by atoms with Gasteiger partial charge in [0.25, 0.3) is 5.91 Å². The number of rotatable bonds is 6. The SMILES string of the molecule is CCCCn1c(O)c(N=NC(=O)Cc2ccccc2)c2ccccc21. The third-order valence-electron chi connectivity index (χ3n) is 4.11. The molecule has 1 heterocycles. The summed E-state index contributed by atoms with van der Waals surface area (Å²) in [5.74, 6) is -0.276. The number of aromatic hydroxyl groups is 1.